The number of nitrogens with one attached hydrogen (secondary N) is 1. The molecular weight excluding hydrogens is 203 g/mol. The SMILES string of the molecule is CN1c2c(F)cccc2CC2CCNCC21. The number of hydrogen-bond donors (Lipinski definition) is 1. The van der Waals surface area contributed by atoms with Crippen LogP contribution in [-0.4, -0.2) is 26.2 Å². The molecule has 1 fully saturated rings. The first-order chi connectivity index (χ1) is 7.77. The van der Waals surface area contributed by atoms with Crippen molar-refractivity contribution in [2.45, 2.75) is 18.9 Å². The molecule has 0 aliphatic carbocycles. The second-order valence-electron chi connectivity index (χ2n) is 4.88. The monoisotopic (exact) mass is 220 g/mol. The Kier molecular flexibility index (Phi) is 2.36. The molecule has 2 aliphatic rings. The quantitative estimate of drug-likeness (QED) is 0.717. The lowest BCUT2D eigenvalue weighted by molar-refractivity contribution is 0.300. The van der Waals surface area contributed by atoms with Gasteiger partial charge in [0, 0.05) is 19.6 Å². The van der Waals surface area contributed by atoms with Crippen LogP contribution in [0.5, 0.6) is 0 Å². The summed E-state index contributed by atoms with van der Waals surface area (Å²) in [4.78, 5) is 2.13. The molecule has 0 saturated carbocycles. The number of piperidine rings is 1. The smallest absolute Gasteiger partial charge is 0.146 e. The third kappa shape index (κ3) is 1.42. The van der Waals surface area contributed by atoms with Crippen LogP contribution in [0.2, 0.25) is 0 Å². The number of halogens is 1. The van der Waals surface area contributed by atoms with Gasteiger partial charge in [0.2, 0.25) is 0 Å². The summed E-state index contributed by atoms with van der Waals surface area (Å²) in [6.45, 7) is 2.08. The number of fused-ring (bicyclic) bond motifs is 2. The van der Waals surface area contributed by atoms with E-state index in [2.05, 4.69) is 16.3 Å². The van der Waals surface area contributed by atoms with Crippen molar-refractivity contribution in [3.05, 3.63) is 29.6 Å². The Morgan fingerprint density at radius 3 is 3.19 bits per heavy atom. The van der Waals surface area contributed by atoms with Gasteiger partial charge in [0.15, 0.2) is 0 Å². The molecule has 0 spiro atoms. The Morgan fingerprint density at radius 1 is 1.44 bits per heavy atom. The number of hydrogen-bond acceptors (Lipinski definition) is 2. The molecule has 1 N–H and O–H groups in total. The Labute approximate surface area is 95.4 Å². The van der Waals surface area contributed by atoms with Crippen molar-refractivity contribution in [2.75, 3.05) is 25.0 Å². The lowest BCUT2D eigenvalue weighted by Gasteiger charge is -2.44. The first kappa shape index (κ1) is 10.1. The van der Waals surface area contributed by atoms with Crippen LogP contribution < -0.4 is 10.2 Å². The molecule has 1 aromatic rings. The fourth-order valence-electron chi connectivity index (χ4n) is 3.16. The van der Waals surface area contributed by atoms with E-state index in [0.29, 0.717) is 12.0 Å². The van der Waals surface area contributed by atoms with E-state index in [4.69, 9.17) is 0 Å². The molecular formula is C13H17FN2. The zero-order valence-corrected chi connectivity index (χ0v) is 9.54. The fourth-order valence-corrected chi connectivity index (χ4v) is 3.16. The summed E-state index contributed by atoms with van der Waals surface area (Å²) in [6.07, 6.45) is 2.23. The molecule has 0 bridgehead atoms. The van der Waals surface area contributed by atoms with Gasteiger partial charge in [0.25, 0.3) is 0 Å². The Hall–Kier alpha value is -1.09. The second-order valence-corrected chi connectivity index (χ2v) is 4.88. The minimum absolute atomic E-state index is 0.0796. The van der Waals surface area contributed by atoms with Gasteiger partial charge in [0.1, 0.15) is 5.82 Å². The number of anilines is 1. The van der Waals surface area contributed by atoms with Crippen molar-refractivity contribution < 1.29 is 4.39 Å². The van der Waals surface area contributed by atoms with E-state index in [-0.39, 0.29) is 5.82 Å². The number of para-hydroxylation sites is 1. The molecule has 2 atom stereocenters. The minimum Gasteiger partial charge on any atom is -0.367 e. The van der Waals surface area contributed by atoms with Crippen LogP contribution in [0.4, 0.5) is 10.1 Å². The average molecular weight is 220 g/mol. The summed E-state index contributed by atoms with van der Waals surface area (Å²) in [7, 11) is 2.02. The molecule has 0 aromatic heterocycles. The normalized spacial score (nSPS) is 28.5. The molecule has 86 valence electrons. The summed E-state index contributed by atoms with van der Waals surface area (Å²) in [5.41, 5.74) is 1.98. The molecule has 2 heterocycles. The van der Waals surface area contributed by atoms with Crippen molar-refractivity contribution in [1.82, 2.24) is 5.32 Å². The predicted octanol–water partition coefficient (Wildman–Crippen LogP) is 1.80. The van der Waals surface area contributed by atoms with E-state index in [9.17, 15) is 4.39 Å². The maximum absolute atomic E-state index is 13.8. The van der Waals surface area contributed by atoms with Crippen molar-refractivity contribution in [3.8, 4) is 0 Å². The molecule has 3 heteroatoms. The molecule has 1 aromatic carbocycles. The van der Waals surface area contributed by atoms with Gasteiger partial charge in [-0.25, -0.2) is 4.39 Å². The largest absolute Gasteiger partial charge is 0.367 e. The van der Waals surface area contributed by atoms with Gasteiger partial charge >= 0.3 is 0 Å². The van der Waals surface area contributed by atoms with E-state index >= 15 is 0 Å². The third-order valence-corrected chi connectivity index (χ3v) is 3.99. The molecule has 2 unspecified atom stereocenters. The second kappa shape index (κ2) is 3.74. The molecule has 16 heavy (non-hydrogen) atoms. The van der Waals surface area contributed by atoms with E-state index < -0.39 is 0 Å². The van der Waals surface area contributed by atoms with Crippen LogP contribution in [0, 0.1) is 11.7 Å². The zero-order valence-electron chi connectivity index (χ0n) is 9.54. The van der Waals surface area contributed by atoms with Crippen molar-refractivity contribution in [3.63, 3.8) is 0 Å². The highest BCUT2D eigenvalue weighted by molar-refractivity contribution is 5.57. The van der Waals surface area contributed by atoms with Crippen LogP contribution in [0.1, 0.15) is 12.0 Å². The standard InChI is InChI=1S/C13H17FN2/c1-16-12-8-15-6-5-9(12)7-10-3-2-4-11(14)13(10)16/h2-4,9,12,15H,5-8H2,1H3. The van der Waals surface area contributed by atoms with Gasteiger partial charge < -0.3 is 10.2 Å². The van der Waals surface area contributed by atoms with Crippen LogP contribution in [-0.2, 0) is 6.42 Å². The van der Waals surface area contributed by atoms with E-state index in [1.54, 1.807) is 6.07 Å². The summed E-state index contributed by atoms with van der Waals surface area (Å²) in [5, 5.41) is 3.40. The predicted molar refractivity (Wildman–Crippen MR) is 63.3 cm³/mol. The lowest BCUT2D eigenvalue weighted by atomic mass is 9.82. The van der Waals surface area contributed by atoms with Crippen LogP contribution in [0.15, 0.2) is 18.2 Å². The number of rotatable bonds is 0. The third-order valence-electron chi connectivity index (χ3n) is 3.99. The topological polar surface area (TPSA) is 15.3 Å². The maximum atomic E-state index is 13.8. The number of benzene rings is 1. The summed E-state index contributed by atoms with van der Waals surface area (Å²) >= 11 is 0. The van der Waals surface area contributed by atoms with Crippen molar-refractivity contribution >= 4 is 5.69 Å². The van der Waals surface area contributed by atoms with E-state index in [1.807, 2.05) is 13.1 Å². The van der Waals surface area contributed by atoms with Gasteiger partial charge in [-0.2, -0.15) is 0 Å². The Bertz CT molecular complexity index is 405. The lowest BCUT2D eigenvalue weighted by Crippen LogP contribution is -2.53. The van der Waals surface area contributed by atoms with Crippen molar-refractivity contribution in [2.24, 2.45) is 5.92 Å². The van der Waals surface area contributed by atoms with Gasteiger partial charge in [-0.05, 0) is 36.9 Å². The van der Waals surface area contributed by atoms with Gasteiger partial charge in [-0.1, -0.05) is 12.1 Å². The summed E-state index contributed by atoms with van der Waals surface area (Å²) in [6, 6.07) is 5.90. The molecule has 0 amide bonds. The highest BCUT2D eigenvalue weighted by atomic mass is 19.1. The number of likely N-dealkylation sites (N-methyl/N-ethyl adjacent to an activating group) is 1. The van der Waals surface area contributed by atoms with E-state index in [0.717, 1.165) is 25.2 Å². The first-order valence-corrected chi connectivity index (χ1v) is 5.98. The van der Waals surface area contributed by atoms with Gasteiger partial charge in [0.05, 0.1) is 5.69 Å². The molecule has 2 aliphatic heterocycles. The molecule has 2 nitrogen and oxygen atoms in total. The zero-order chi connectivity index (χ0) is 11.1. The highest BCUT2D eigenvalue weighted by Crippen LogP contribution is 2.36. The van der Waals surface area contributed by atoms with Crippen LogP contribution in [0.3, 0.4) is 0 Å². The van der Waals surface area contributed by atoms with Gasteiger partial charge in [-0.15, -0.1) is 0 Å². The Balaban J connectivity index is 2.03. The molecule has 0 radical (unpaired) electrons. The number of nitrogens with zero attached hydrogens (tertiary/aromatic N) is 1. The van der Waals surface area contributed by atoms with Gasteiger partial charge in [-0.3, -0.25) is 0 Å². The Morgan fingerprint density at radius 2 is 2.31 bits per heavy atom. The summed E-state index contributed by atoms with van der Waals surface area (Å²) in [5.74, 6) is 0.601. The van der Waals surface area contributed by atoms with Crippen LogP contribution >= 0.6 is 0 Å². The average Bonchev–Trinajstić information content (AvgIpc) is 2.29. The summed E-state index contributed by atoms with van der Waals surface area (Å²) < 4.78 is 13.8. The first-order valence-electron chi connectivity index (χ1n) is 5.98. The molecule has 1 saturated heterocycles. The highest BCUT2D eigenvalue weighted by Gasteiger charge is 2.35. The van der Waals surface area contributed by atoms with Crippen LogP contribution in [0.25, 0.3) is 0 Å². The van der Waals surface area contributed by atoms with E-state index in [1.165, 1.54) is 12.0 Å². The fraction of sp³-hybridized carbons (Fsp3) is 0.538. The minimum atomic E-state index is -0.0796. The molecule has 3 rings (SSSR count). The van der Waals surface area contributed by atoms with Crippen molar-refractivity contribution in [1.29, 1.82) is 0 Å². The maximum Gasteiger partial charge on any atom is 0.146 e.